The zero-order chi connectivity index (χ0) is 13.1. The van der Waals surface area contributed by atoms with Gasteiger partial charge in [0.2, 0.25) is 5.91 Å². The summed E-state index contributed by atoms with van der Waals surface area (Å²) in [6.07, 6.45) is 2.33. The number of carbonyl (C=O) groups excluding carboxylic acids is 2. The molecule has 0 aromatic rings. The highest BCUT2D eigenvalue weighted by Gasteiger charge is 2.34. The fraction of sp³-hybridized carbons (Fsp3) is 0.800. The van der Waals surface area contributed by atoms with Crippen LogP contribution in [0, 0.1) is 0 Å². The summed E-state index contributed by atoms with van der Waals surface area (Å²) >= 11 is 0. The van der Waals surface area contributed by atoms with E-state index in [4.69, 9.17) is 0 Å². The lowest BCUT2D eigenvalue weighted by molar-refractivity contribution is -0.150. The second-order valence-corrected chi connectivity index (χ2v) is 6.41. The Kier molecular flexibility index (Phi) is 4.50. The highest BCUT2D eigenvalue weighted by Crippen LogP contribution is 2.19. The van der Waals surface area contributed by atoms with E-state index in [-0.39, 0.29) is 18.1 Å². The molecule has 0 N–H and O–H groups in total. The van der Waals surface area contributed by atoms with Gasteiger partial charge in [0.15, 0.2) is 0 Å². The van der Waals surface area contributed by atoms with E-state index in [0.717, 1.165) is 12.7 Å². The van der Waals surface area contributed by atoms with Crippen LogP contribution in [0.2, 0.25) is 0 Å². The van der Waals surface area contributed by atoms with Gasteiger partial charge in [-0.15, -0.1) is 0 Å². The number of carbonyl (C=O) groups is 2. The zero-order valence-corrected chi connectivity index (χ0v) is 10.8. The summed E-state index contributed by atoms with van der Waals surface area (Å²) in [6.45, 7) is 0.488. The van der Waals surface area contributed by atoms with Crippen LogP contribution in [-0.4, -0.2) is 56.9 Å². The standard InChI is InChI=1S/C10H17NO5S/c1-16-10(13)8-4-3-6-11(8)9(12)5-7-17(2,14)15/h8H,3-7H2,1-2H3. The molecule has 0 aliphatic carbocycles. The number of rotatable bonds is 4. The van der Waals surface area contributed by atoms with Crippen LogP contribution in [0.3, 0.4) is 0 Å². The maximum absolute atomic E-state index is 11.8. The molecule has 1 atom stereocenters. The van der Waals surface area contributed by atoms with Crippen LogP contribution in [0.5, 0.6) is 0 Å². The number of hydrogen-bond acceptors (Lipinski definition) is 5. The first-order valence-electron chi connectivity index (χ1n) is 5.40. The summed E-state index contributed by atoms with van der Waals surface area (Å²) in [5.74, 6) is -0.922. The summed E-state index contributed by atoms with van der Waals surface area (Å²) in [5, 5.41) is 0. The molecule has 1 rings (SSSR count). The number of esters is 1. The van der Waals surface area contributed by atoms with Gasteiger partial charge in [-0.1, -0.05) is 0 Å². The van der Waals surface area contributed by atoms with Crippen LogP contribution in [0.15, 0.2) is 0 Å². The largest absolute Gasteiger partial charge is 0.467 e. The molecule has 1 heterocycles. The third-order valence-electron chi connectivity index (χ3n) is 2.73. The molecule has 6 nitrogen and oxygen atoms in total. The van der Waals surface area contributed by atoms with Crippen molar-refractivity contribution in [1.82, 2.24) is 4.90 Å². The van der Waals surface area contributed by atoms with Crippen LogP contribution in [-0.2, 0) is 24.2 Å². The maximum atomic E-state index is 11.8. The lowest BCUT2D eigenvalue weighted by atomic mass is 10.2. The second kappa shape index (κ2) is 5.48. The topological polar surface area (TPSA) is 80.8 Å². The number of methoxy groups -OCH3 is 1. The van der Waals surface area contributed by atoms with Gasteiger partial charge in [-0.25, -0.2) is 13.2 Å². The van der Waals surface area contributed by atoms with Crippen LogP contribution in [0.25, 0.3) is 0 Å². The monoisotopic (exact) mass is 263 g/mol. The number of amides is 1. The molecule has 1 aliphatic rings. The predicted octanol–water partition coefficient (Wildman–Crippen LogP) is -0.415. The molecule has 1 fully saturated rings. The average molecular weight is 263 g/mol. The van der Waals surface area contributed by atoms with E-state index in [2.05, 4.69) is 4.74 Å². The number of hydrogen-bond donors (Lipinski definition) is 0. The highest BCUT2D eigenvalue weighted by atomic mass is 32.2. The lowest BCUT2D eigenvalue weighted by Gasteiger charge is -2.22. The Morgan fingerprint density at radius 2 is 2.06 bits per heavy atom. The van der Waals surface area contributed by atoms with E-state index in [9.17, 15) is 18.0 Å². The van der Waals surface area contributed by atoms with Gasteiger partial charge < -0.3 is 9.64 Å². The number of sulfone groups is 1. The van der Waals surface area contributed by atoms with Gasteiger partial charge in [0.05, 0.1) is 12.9 Å². The fourth-order valence-corrected chi connectivity index (χ4v) is 2.41. The van der Waals surface area contributed by atoms with Crippen LogP contribution < -0.4 is 0 Å². The first kappa shape index (κ1) is 14.0. The molecule has 0 aromatic heterocycles. The third kappa shape index (κ3) is 3.99. The van der Waals surface area contributed by atoms with Crippen molar-refractivity contribution >= 4 is 21.7 Å². The van der Waals surface area contributed by atoms with Crippen LogP contribution in [0.1, 0.15) is 19.3 Å². The van der Waals surface area contributed by atoms with E-state index < -0.39 is 21.8 Å². The molecule has 0 spiro atoms. The highest BCUT2D eigenvalue weighted by molar-refractivity contribution is 7.90. The molecule has 1 unspecified atom stereocenters. The molecule has 0 radical (unpaired) electrons. The fourth-order valence-electron chi connectivity index (χ4n) is 1.86. The third-order valence-corrected chi connectivity index (χ3v) is 3.68. The van der Waals surface area contributed by atoms with E-state index in [1.165, 1.54) is 12.0 Å². The van der Waals surface area contributed by atoms with Gasteiger partial charge in [-0.2, -0.15) is 0 Å². The summed E-state index contributed by atoms with van der Waals surface area (Å²) in [6, 6.07) is -0.549. The van der Waals surface area contributed by atoms with Gasteiger partial charge in [-0.3, -0.25) is 4.79 Å². The summed E-state index contributed by atoms with van der Waals surface area (Å²) < 4.78 is 26.5. The Hall–Kier alpha value is -1.11. The van der Waals surface area contributed by atoms with Gasteiger partial charge in [0.25, 0.3) is 0 Å². The minimum Gasteiger partial charge on any atom is -0.467 e. The molecular formula is C10H17NO5S. The summed E-state index contributed by atoms with van der Waals surface area (Å²) in [4.78, 5) is 24.6. The Balaban J connectivity index is 2.59. The first-order chi connectivity index (χ1) is 7.85. The number of likely N-dealkylation sites (tertiary alicyclic amines) is 1. The second-order valence-electron chi connectivity index (χ2n) is 4.15. The molecule has 7 heteroatoms. The minimum absolute atomic E-state index is 0.0771. The van der Waals surface area contributed by atoms with Gasteiger partial charge >= 0.3 is 5.97 Å². The summed E-state index contributed by atoms with van der Waals surface area (Å²) in [7, 11) is -1.88. The number of ether oxygens (including phenoxy) is 1. The summed E-state index contributed by atoms with van der Waals surface area (Å²) in [5.41, 5.74) is 0. The maximum Gasteiger partial charge on any atom is 0.328 e. The van der Waals surface area contributed by atoms with Gasteiger partial charge in [0, 0.05) is 19.2 Å². The first-order valence-corrected chi connectivity index (χ1v) is 7.46. The number of nitrogens with zero attached hydrogens (tertiary/aromatic N) is 1. The van der Waals surface area contributed by atoms with Crippen molar-refractivity contribution in [3.8, 4) is 0 Å². The van der Waals surface area contributed by atoms with Crippen molar-refractivity contribution in [3.05, 3.63) is 0 Å². The molecule has 0 saturated carbocycles. The van der Waals surface area contributed by atoms with Crippen molar-refractivity contribution in [2.24, 2.45) is 0 Å². The Morgan fingerprint density at radius 1 is 1.41 bits per heavy atom. The molecule has 98 valence electrons. The Labute approximate surface area is 101 Å². The Bertz CT molecular complexity index is 403. The molecule has 1 saturated heterocycles. The molecule has 0 aromatic carbocycles. The van der Waals surface area contributed by atoms with Gasteiger partial charge in [-0.05, 0) is 12.8 Å². The molecule has 0 bridgehead atoms. The van der Waals surface area contributed by atoms with Crippen LogP contribution in [0.4, 0.5) is 0 Å². The van der Waals surface area contributed by atoms with Crippen molar-refractivity contribution in [1.29, 1.82) is 0 Å². The lowest BCUT2D eigenvalue weighted by Crippen LogP contribution is -2.41. The van der Waals surface area contributed by atoms with Crippen molar-refractivity contribution in [3.63, 3.8) is 0 Å². The van der Waals surface area contributed by atoms with Gasteiger partial charge in [0.1, 0.15) is 15.9 Å². The van der Waals surface area contributed by atoms with Crippen molar-refractivity contribution in [2.75, 3.05) is 25.7 Å². The van der Waals surface area contributed by atoms with Crippen molar-refractivity contribution in [2.45, 2.75) is 25.3 Å². The minimum atomic E-state index is -3.16. The van der Waals surface area contributed by atoms with E-state index in [1.807, 2.05) is 0 Å². The molecule has 1 amide bonds. The van der Waals surface area contributed by atoms with Crippen LogP contribution >= 0.6 is 0 Å². The normalized spacial score (nSPS) is 20.4. The predicted molar refractivity (Wildman–Crippen MR) is 61.1 cm³/mol. The van der Waals surface area contributed by atoms with E-state index in [1.54, 1.807) is 0 Å². The zero-order valence-electron chi connectivity index (χ0n) is 10.0. The van der Waals surface area contributed by atoms with E-state index in [0.29, 0.717) is 13.0 Å². The van der Waals surface area contributed by atoms with Crippen molar-refractivity contribution < 1.29 is 22.7 Å². The molecule has 17 heavy (non-hydrogen) atoms. The Morgan fingerprint density at radius 3 is 2.59 bits per heavy atom. The SMILES string of the molecule is COC(=O)C1CCCN1C(=O)CCS(C)(=O)=O. The molecule has 1 aliphatic heterocycles. The smallest absolute Gasteiger partial charge is 0.328 e. The van der Waals surface area contributed by atoms with E-state index >= 15 is 0 Å². The quantitative estimate of drug-likeness (QED) is 0.644. The molecular weight excluding hydrogens is 246 g/mol. The average Bonchev–Trinajstić information content (AvgIpc) is 2.72.